The predicted molar refractivity (Wildman–Crippen MR) is 85.8 cm³/mol. The summed E-state index contributed by atoms with van der Waals surface area (Å²) in [6.45, 7) is 8.06. The van der Waals surface area contributed by atoms with E-state index in [4.69, 9.17) is 21.1 Å². The number of carbonyl (C=O) groups excluding carboxylic acids is 1. The third kappa shape index (κ3) is 4.78. The van der Waals surface area contributed by atoms with Crippen LogP contribution in [0.3, 0.4) is 0 Å². The van der Waals surface area contributed by atoms with Crippen molar-refractivity contribution < 1.29 is 19.2 Å². The minimum atomic E-state index is -0.211. The average molecular weight is 328 g/mol. The number of rotatable bonds is 4. The molecule has 1 atom stereocenters. The molecule has 0 bridgehead atoms. The van der Waals surface area contributed by atoms with Crippen molar-refractivity contribution in [1.29, 1.82) is 0 Å². The van der Waals surface area contributed by atoms with Crippen molar-refractivity contribution in [2.45, 2.75) is 32.9 Å². The van der Waals surface area contributed by atoms with Gasteiger partial charge in [-0.05, 0) is 32.9 Å². The third-order valence-electron chi connectivity index (χ3n) is 3.14. The molecule has 22 heavy (non-hydrogen) atoms. The Labute approximate surface area is 136 Å². The highest BCUT2D eigenvalue weighted by molar-refractivity contribution is 6.32. The molecule has 0 aromatic heterocycles. The van der Waals surface area contributed by atoms with Crippen LogP contribution in [-0.4, -0.2) is 38.3 Å². The van der Waals surface area contributed by atoms with Crippen molar-refractivity contribution in [3.05, 3.63) is 22.7 Å². The van der Waals surface area contributed by atoms with E-state index >= 15 is 0 Å². The molecule has 0 fully saturated rings. The Morgan fingerprint density at radius 1 is 1.32 bits per heavy atom. The van der Waals surface area contributed by atoms with E-state index in [1.54, 1.807) is 0 Å². The van der Waals surface area contributed by atoms with Gasteiger partial charge in [0.2, 0.25) is 0 Å². The van der Waals surface area contributed by atoms with E-state index in [1.165, 1.54) is 0 Å². The van der Waals surface area contributed by atoms with Gasteiger partial charge in [-0.1, -0.05) is 11.6 Å². The number of ether oxygens (including phenoxy) is 2. The first-order valence-corrected chi connectivity index (χ1v) is 7.83. The van der Waals surface area contributed by atoms with E-state index in [1.807, 2.05) is 40.0 Å². The lowest BCUT2D eigenvalue weighted by Gasteiger charge is -2.23. The Hall–Kier alpha value is -1.46. The van der Waals surface area contributed by atoms with Gasteiger partial charge in [-0.3, -0.25) is 4.79 Å². The van der Waals surface area contributed by atoms with Crippen LogP contribution in [0, 0.1) is 0 Å². The molecule has 2 N–H and O–H groups in total. The van der Waals surface area contributed by atoms with Crippen molar-refractivity contribution >= 4 is 17.5 Å². The van der Waals surface area contributed by atoms with Crippen molar-refractivity contribution in [2.24, 2.45) is 0 Å². The summed E-state index contributed by atoms with van der Waals surface area (Å²) in [7, 11) is 1.98. The molecule has 0 saturated heterocycles. The molecular weight excluding hydrogens is 304 g/mol. The molecular formula is C16H24ClN2O3+. The zero-order chi connectivity index (χ0) is 16.3. The first-order valence-electron chi connectivity index (χ1n) is 7.45. The van der Waals surface area contributed by atoms with E-state index in [2.05, 4.69) is 5.32 Å². The summed E-state index contributed by atoms with van der Waals surface area (Å²) in [5.74, 6) is 1.33. The number of quaternary nitrogens is 1. The third-order valence-corrected chi connectivity index (χ3v) is 3.42. The minimum absolute atomic E-state index is 0.0358. The van der Waals surface area contributed by atoms with Crippen LogP contribution >= 0.6 is 11.6 Å². The zero-order valence-electron chi connectivity index (χ0n) is 13.6. The Morgan fingerprint density at radius 3 is 2.68 bits per heavy atom. The van der Waals surface area contributed by atoms with Gasteiger partial charge in [0.15, 0.2) is 18.0 Å². The summed E-state index contributed by atoms with van der Waals surface area (Å²) >= 11 is 6.23. The quantitative estimate of drug-likeness (QED) is 0.869. The topological polar surface area (TPSA) is 52.0 Å². The number of amides is 1. The van der Waals surface area contributed by atoms with Crippen molar-refractivity contribution in [3.63, 3.8) is 0 Å². The van der Waals surface area contributed by atoms with E-state index in [0.29, 0.717) is 42.8 Å². The second-order valence-electron chi connectivity index (χ2n) is 6.71. The highest BCUT2D eigenvalue weighted by Gasteiger charge is 2.20. The molecule has 6 heteroatoms. The summed E-state index contributed by atoms with van der Waals surface area (Å²) in [4.78, 5) is 13.0. The van der Waals surface area contributed by atoms with E-state index in [0.717, 1.165) is 10.5 Å². The van der Waals surface area contributed by atoms with Crippen molar-refractivity contribution in [1.82, 2.24) is 5.32 Å². The maximum absolute atomic E-state index is 12.0. The van der Waals surface area contributed by atoms with Crippen LogP contribution in [0.15, 0.2) is 12.1 Å². The molecule has 2 rings (SSSR count). The lowest BCUT2D eigenvalue weighted by Crippen LogP contribution is -3.09. The number of hydrogen-bond acceptors (Lipinski definition) is 3. The number of hydrogen-bond donors (Lipinski definition) is 2. The van der Waals surface area contributed by atoms with Gasteiger partial charge in [0.05, 0.1) is 12.1 Å². The average Bonchev–Trinajstić information content (AvgIpc) is 2.35. The molecule has 1 aliphatic heterocycles. The van der Waals surface area contributed by atoms with Gasteiger partial charge in [0.25, 0.3) is 5.91 Å². The highest BCUT2D eigenvalue weighted by atomic mass is 35.5. The number of fused-ring (bicyclic) bond motifs is 1. The molecule has 5 nitrogen and oxygen atoms in total. The normalized spacial score (nSPS) is 15.3. The first kappa shape index (κ1) is 16.9. The number of halogens is 1. The number of carbonyl (C=O) groups is 1. The van der Waals surface area contributed by atoms with E-state index in [-0.39, 0.29) is 11.4 Å². The fourth-order valence-electron chi connectivity index (χ4n) is 2.41. The number of nitrogens with one attached hydrogen (secondary N) is 2. The maximum atomic E-state index is 12.0. The SMILES string of the molecule is C[NH+](CC(=O)NC(C)(C)C)Cc1cc(Cl)c2c(c1)OCCO2. The summed E-state index contributed by atoms with van der Waals surface area (Å²) < 4.78 is 11.1. The van der Waals surface area contributed by atoms with Crippen molar-refractivity contribution in [2.75, 3.05) is 26.8 Å². The van der Waals surface area contributed by atoms with Gasteiger partial charge < -0.3 is 19.7 Å². The Kier molecular flexibility index (Phi) is 5.19. The Balaban J connectivity index is 1.98. The molecule has 0 saturated carbocycles. The maximum Gasteiger partial charge on any atom is 0.275 e. The van der Waals surface area contributed by atoms with Gasteiger partial charge in [-0.2, -0.15) is 0 Å². The minimum Gasteiger partial charge on any atom is -0.486 e. The summed E-state index contributed by atoms with van der Waals surface area (Å²) in [6.07, 6.45) is 0. The summed E-state index contributed by atoms with van der Waals surface area (Å²) in [5.41, 5.74) is 0.813. The Bertz CT molecular complexity index is 555. The molecule has 0 spiro atoms. The zero-order valence-corrected chi connectivity index (χ0v) is 14.3. The van der Waals surface area contributed by atoms with Crippen LogP contribution in [0.5, 0.6) is 11.5 Å². The van der Waals surface area contributed by atoms with Gasteiger partial charge in [-0.15, -0.1) is 0 Å². The van der Waals surface area contributed by atoms with Crippen LogP contribution in [0.1, 0.15) is 26.3 Å². The van der Waals surface area contributed by atoms with Crippen LogP contribution in [0.4, 0.5) is 0 Å². The second kappa shape index (κ2) is 6.75. The molecule has 0 radical (unpaired) electrons. The van der Waals surface area contributed by atoms with E-state index in [9.17, 15) is 4.79 Å². The molecule has 0 aliphatic carbocycles. The molecule has 1 unspecified atom stereocenters. The standard InChI is InChI=1S/C16H23ClN2O3/c1-16(2,3)18-14(20)10-19(4)9-11-7-12(17)15-13(8-11)21-5-6-22-15/h7-8H,5-6,9-10H2,1-4H3,(H,18,20)/p+1. The number of likely N-dealkylation sites (N-methyl/N-ethyl adjacent to an activating group) is 1. The lowest BCUT2D eigenvalue weighted by atomic mass is 10.1. The molecule has 1 aromatic rings. The van der Waals surface area contributed by atoms with Crippen LogP contribution in [-0.2, 0) is 11.3 Å². The smallest absolute Gasteiger partial charge is 0.275 e. The second-order valence-corrected chi connectivity index (χ2v) is 7.12. The molecule has 1 aliphatic rings. The largest absolute Gasteiger partial charge is 0.486 e. The fourth-order valence-corrected chi connectivity index (χ4v) is 2.70. The fraction of sp³-hybridized carbons (Fsp3) is 0.562. The van der Waals surface area contributed by atoms with Gasteiger partial charge in [-0.25, -0.2) is 0 Å². The van der Waals surface area contributed by atoms with Crippen LogP contribution in [0.25, 0.3) is 0 Å². The highest BCUT2D eigenvalue weighted by Crippen LogP contribution is 2.38. The van der Waals surface area contributed by atoms with Gasteiger partial charge in [0, 0.05) is 11.1 Å². The summed E-state index contributed by atoms with van der Waals surface area (Å²) in [6, 6.07) is 3.81. The lowest BCUT2D eigenvalue weighted by molar-refractivity contribution is -0.885. The van der Waals surface area contributed by atoms with Crippen LogP contribution in [0.2, 0.25) is 5.02 Å². The predicted octanol–water partition coefficient (Wildman–Crippen LogP) is 1.04. The molecule has 1 heterocycles. The van der Waals surface area contributed by atoms with Gasteiger partial charge >= 0.3 is 0 Å². The van der Waals surface area contributed by atoms with Gasteiger partial charge in [0.1, 0.15) is 19.8 Å². The molecule has 1 amide bonds. The molecule has 122 valence electrons. The number of benzene rings is 1. The summed E-state index contributed by atoms with van der Waals surface area (Å²) in [5, 5.41) is 3.52. The molecule has 1 aromatic carbocycles. The van der Waals surface area contributed by atoms with Crippen molar-refractivity contribution in [3.8, 4) is 11.5 Å². The van der Waals surface area contributed by atoms with E-state index < -0.39 is 0 Å². The van der Waals surface area contributed by atoms with Crippen LogP contribution < -0.4 is 19.7 Å². The Morgan fingerprint density at radius 2 is 2.00 bits per heavy atom. The first-order chi connectivity index (χ1) is 10.2. The monoisotopic (exact) mass is 327 g/mol.